The van der Waals surface area contributed by atoms with Gasteiger partial charge in [0.1, 0.15) is 5.75 Å². The molecule has 29 heavy (non-hydrogen) atoms. The summed E-state index contributed by atoms with van der Waals surface area (Å²) in [5.74, 6) is 0.854. The van der Waals surface area contributed by atoms with E-state index in [1.807, 2.05) is 20.0 Å². The quantitative estimate of drug-likeness (QED) is 0.289. The van der Waals surface area contributed by atoms with Gasteiger partial charge in [-0.3, -0.25) is 9.67 Å². The smallest absolute Gasteiger partial charge is 0.191 e. The van der Waals surface area contributed by atoms with Crippen molar-refractivity contribution in [1.29, 1.82) is 0 Å². The zero-order valence-corrected chi connectivity index (χ0v) is 18.6. The number of nitrogens with zero attached hydrogens (tertiary/aromatic N) is 4. The van der Waals surface area contributed by atoms with Crippen molar-refractivity contribution < 1.29 is 9.13 Å². The summed E-state index contributed by atoms with van der Waals surface area (Å²) in [6, 6.07) is 10.2. The standard InChI is InChI=1S/C20H23FN6O.HI/c1-3-23-20(25-13-16-8-10-26-27(16)2)24-12-15-6-7-19(18(21)11-15)28-17-5-4-9-22-14-17;/h4-11,14H,3,12-13H2,1-2H3,(H2,23,24,25);1H. The van der Waals surface area contributed by atoms with Crippen molar-refractivity contribution in [2.75, 3.05) is 6.54 Å². The Bertz CT molecular complexity index is 932. The molecule has 0 atom stereocenters. The third kappa shape index (κ3) is 6.70. The average molecular weight is 510 g/mol. The van der Waals surface area contributed by atoms with Crippen LogP contribution < -0.4 is 15.4 Å². The fraction of sp³-hybridized carbons (Fsp3) is 0.250. The number of aliphatic imine (C=N–C) groups is 1. The maximum absolute atomic E-state index is 14.4. The summed E-state index contributed by atoms with van der Waals surface area (Å²) in [5.41, 5.74) is 1.78. The van der Waals surface area contributed by atoms with E-state index in [9.17, 15) is 4.39 Å². The van der Waals surface area contributed by atoms with Gasteiger partial charge in [0.25, 0.3) is 0 Å². The summed E-state index contributed by atoms with van der Waals surface area (Å²) in [6.45, 7) is 3.65. The topological polar surface area (TPSA) is 76.4 Å². The summed E-state index contributed by atoms with van der Waals surface area (Å²) < 4.78 is 21.7. The number of hydrogen-bond acceptors (Lipinski definition) is 4. The van der Waals surface area contributed by atoms with E-state index in [1.165, 1.54) is 12.3 Å². The number of rotatable bonds is 7. The summed E-state index contributed by atoms with van der Waals surface area (Å²) in [7, 11) is 1.89. The van der Waals surface area contributed by atoms with Crippen LogP contribution in [0.4, 0.5) is 4.39 Å². The molecule has 7 nitrogen and oxygen atoms in total. The van der Waals surface area contributed by atoms with Gasteiger partial charge in [-0.15, -0.1) is 24.0 Å². The molecule has 0 radical (unpaired) electrons. The van der Waals surface area contributed by atoms with E-state index >= 15 is 0 Å². The third-order valence-corrected chi connectivity index (χ3v) is 3.98. The van der Waals surface area contributed by atoms with E-state index in [0.29, 0.717) is 24.8 Å². The molecule has 0 fully saturated rings. The largest absolute Gasteiger partial charge is 0.453 e. The van der Waals surface area contributed by atoms with Gasteiger partial charge in [-0.2, -0.15) is 5.10 Å². The molecule has 0 aliphatic heterocycles. The molecule has 0 aliphatic carbocycles. The lowest BCUT2D eigenvalue weighted by Crippen LogP contribution is -2.37. The minimum Gasteiger partial charge on any atom is -0.453 e. The van der Waals surface area contributed by atoms with Crippen molar-refractivity contribution >= 4 is 29.9 Å². The van der Waals surface area contributed by atoms with E-state index in [4.69, 9.17) is 4.74 Å². The van der Waals surface area contributed by atoms with Crippen LogP contribution in [0.3, 0.4) is 0 Å². The van der Waals surface area contributed by atoms with Crippen molar-refractivity contribution in [3.8, 4) is 11.5 Å². The van der Waals surface area contributed by atoms with Crippen LogP contribution in [0.1, 0.15) is 18.2 Å². The lowest BCUT2D eigenvalue weighted by atomic mass is 10.2. The molecule has 2 aromatic heterocycles. The Morgan fingerprint density at radius 2 is 2.07 bits per heavy atom. The molecule has 0 saturated heterocycles. The van der Waals surface area contributed by atoms with E-state index < -0.39 is 5.82 Å². The van der Waals surface area contributed by atoms with Gasteiger partial charge < -0.3 is 15.4 Å². The lowest BCUT2D eigenvalue weighted by Gasteiger charge is -2.12. The highest BCUT2D eigenvalue weighted by Gasteiger charge is 2.07. The first kappa shape index (κ1) is 22.6. The first-order valence-corrected chi connectivity index (χ1v) is 9.01. The highest BCUT2D eigenvalue weighted by Crippen LogP contribution is 2.24. The van der Waals surface area contributed by atoms with E-state index in [1.54, 1.807) is 41.3 Å². The molecular formula is C20H24FIN6O. The number of ether oxygens (including phenoxy) is 1. The monoisotopic (exact) mass is 510 g/mol. The molecular weight excluding hydrogens is 486 g/mol. The molecule has 154 valence electrons. The number of hydrogen-bond donors (Lipinski definition) is 2. The SMILES string of the molecule is CCNC(=NCc1ccc(Oc2cccnc2)c(F)c1)NCc1ccnn1C.I. The van der Waals surface area contributed by atoms with Crippen LogP contribution in [0.5, 0.6) is 11.5 Å². The van der Waals surface area contributed by atoms with Gasteiger partial charge in [-0.1, -0.05) is 6.07 Å². The zero-order chi connectivity index (χ0) is 19.8. The molecule has 2 heterocycles. The maximum atomic E-state index is 14.4. The van der Waals surface area contributed by atoms with Gasteiger partial charge in [-0.25, -0.2) is 9.38 Å². The van der Waals surface area contributed by atoms with Crippen LogP contribution in [0.15, 0.2) is 60.0 Å². The number of guanidine groups is 1. The molecule has 0 bridgehead atoms. The Labute approximate surface area is 186 Å². The number of aryl methyl sites for hydroxylation is 1. The second kappa shape index (κ2) is 11.3. The molecule has 2 N–H and O–H groups in total. The molecule has 3 aromatic rings. The number of nitrogens with one attached hydrogen (secondary N) is 2. The van der Waals surface area contributed by atoms with Crippen molar-refractivity contribution in [1.82, 2.24) is 25.4 Å². The number of pyridine rings is 1. The normalized spacial score (nSPS) is 10.9. The predicted molar refractivity (Wildman–Crippen MR) is 121 cm³/mol. The fourth-order valence-corrected chi connectivity index (χ4v) is 2.52. The highest BCUT2D eigenvalue weighted by atomic mass is 127. The predicted octanol–water partition coefficient (Wildman–Crippen LogP) is 3.62. The van der Waals surface area contributed by atoms with Crippen LogP contribution in [0.25, 0.3) is 0 Å². The second-order valence-corrected chi connectivity index (χ2v) is 6.05. The number of benzene rings is 1. The van der Waals surface area contributed by atoms with Gasteiger partial charge in [0.05, 0.1) is 25.0 Å². The Morgan fingerprint density at radius 1 is 1.21 bits per heavy atom. The van der Waals surface area contributed by atoms with Crippen molar-refractivity contribution in [3.63, 3.8) is 0 Å². The van der Waals surface area contributed by atoms with Gasteiger partial charge in [0.15, 0.2) is 17.5 Å². The lowest BCUT2D eigenvalue weighted by molar-refractivity contribution is 0.440. The minimum atomic E-state index is -0.440. The minimum absolute atomic E-state index is 0. The Balaban J connectivity index is 0.00000300. The molecule has 0 aliphatic rings. The van der Waals surface area contributed by atoms with Crippen LogP contribution >= 0.6 is 24.0 Å². The summed E-state index contributed by atoms with van der Waals surface area (Å²) in [5, 5.41) is 10.6. The molecule has 0 saturated carbocycles. The Hall–Kier alpha value is -2.69. The van der Waals surface area contributed by atoms with Crippen LogP contribution in [0, 0.1) is 5.82 Å². The third-order valence-electron chi connectivity index (χ3n) is 3.98. The van der Waals surface area contributed by atoms with Crippen molar-refractivity contribution in [2.24, 2.45) is 12.0 Å². The van der Waals surface area contributed by atoms with Crippen molar-refractivity contribution in [3.05, 3.63) is 72.1 Å². The molecule has 3 rings (SSSR count). The van der Waals surface area contributed by atoms with Crippen molar-refractivity contribution in [2.45, 2.75) is 20.0 Å². The summed E-state index contributed by atoms with van der Waals surface area (Å²) in [6.07, 6.45) is 4.92. The average Bonchev–Trinajstić information content (AvgIpc) is 3.11. The molecule has 0 spiro atoms. The molecule has 9 heteroatoms. The van der Waals surface area contributed by atoms with Gasteiger partial charge >= 0.3 is 0 Å². The first-order chi connectivity index (χ1) is 13.7. The van der Waals surface area contributed by atoms with Gasteiger partial charge in [-0.05, 0) is 42.8 Å². The van der Waals surface area contributed by atoms with Crippen LogP contribution in [-0.2, 0) is 20.1 Å². The first-order valence-electron chi connectivity index (χ1n) is 9.01. The van der Waals surface area contributed by atoms with E-state index in [0.717, 1.165) is 17.8 Å². The number of halogens is 2. The van der Waals surface area contributed by atoms with Gasteiger partial charge in [0.2, 0.25) is 0 Å². The van der Waals surface area contributed by atoms with Crippen LogP contribution in [-0.4, -0.2) is 27.3 Å². The second-order valence-electron chi connectivity index (χ2n) is 6.05. The van der Waals surface area contributed by atoms with E-state index in [-0.39, 0.29) is 29.7 Å². The Kier molecular flexibility index (Phi) is 8.84. The molecule has 0 unspecified atom stereocenters. The highest BCUT2D eigenvalue weighted by molar-refractivity contribution is 14.0. The summed E-state index contributed by atoms with van der Waals surface area (Å²) >= 11 is 0. The van der Waals surface area contributed by atoms with Crippen LogP contribution in [0.2, 0.25) is 0 Å². The Morgan fingerprint density at radius 3 is 2.72 bits per heavy atom. The maximum Gasteiger partial charge on any atom is 0.191 e. The van der Waals surface area contributed by atoms with Gasteiger partial charge in [0, 0.05) is 26.0 Å². The fourth-order valence-electron chi connectivity index (χ4n) is 2.52. The zero-order valence-electron chi connectivity index (χ0n) is 16.3. The molecule has 1 aromatic carbocycles. The number of aromatic nitrogens is 3. The van der Waals surface area contributed by atoms with E-state index in [2.05, 4.69) is 25.7 Å². The molecule has 0 amide bonds. The summed E-state index contributed by atoms with van der Waals surface area (Å²) in [4.78, 5) is 8.47.